The Kier molecular flexibility index (Phi) is 3.02. The molecule has 0 aromatic heterocycles. The lowest BCUT2D eigenvalue weighted by molar-refractivity contribution is -0.0679. The van der Waals surface area contributed by atoms with E-state index in [0.717, 1.165) is 25.1 Å². The summed E-state index contributed by atoms with van der Waals surface area (Å²) in [7, 11) is 0. The Morgan fingerprint density at radius 3 is 2.65 bits per heavy atom. The maximum Gasteiger partial charge on any atom is 0.0837 e. The highest BCUT2D eigenvalue weighted by Gasteiger charge is 2.49. The molecular weight excluding hydrogens is 248 g/mol. The number of nitrogen functional groups attached to an aromatic ring is 1. The molecule has 2 heterocycles. The highest BCUT2D eigenvalue weighted by molar-refractivity contribution is 5.67. The molecular formula is C17H26N2O. The van der Waals surface area contributed by atoms with E-state index >= 15 is 0 Å². The number of hydrogen-bond acceptors (Lipinski definition) is 3. The van der Waals surface area contributed by atoms with Gasteiger partial charge in [0.05, 0.1) is 17.2 Å². The molecule has 0 spiro atoms. The van der Waals surface area contributed by atoms with Crippen LogP contribution in [0.4, 0.5) is 11.4 Å². The summed E-state index contributed by atoms with van der Waals surface area (Å²) in [5.74, 6) is 0. The first-order chi connectivity index (χ1) is 9.30. The van der Waals surface area contributed by atoms with Crippen molar-refractivity contribution >= 4 is 11.4 Å². The fourth-order valence-electron chi connectivity index (χ4n) is 4.02. The molecule has 0 amide bonds. The van der Waals surface area contributed by atoms with Crippen LogP contribution in [0.25, 0.3) is 0 Å². The zero-order chi connectivity index (χ0) is 14.5. The number of hydrogen-bond donors (Lipinski definition) is 1. The highest BCUT2D eigenvalue weighted by atomic mass is 16.5. The molecule has 1 aromatic carbocycles. The molecule has 1 saturated heterocycles. The van der Waals surface area contributed by atoms with E-state index in [1.807, 2.05) is 6.07 Å². The predicted octanol–water partition coefficient (Wildman–Crippen LogP) is 3.37. The van der Waals surface area contributed by atoms with Crippen LogP contribution in [0.1, 0.15) is 46.1 Å². The van der Waals surface area contributed by atoms with Gasteiger partial charge in [-0.25, -0.2) is 0 Å². The fourth-order valence-corrected chi connectivity index (χ4v) is 4.02. The third-order valence-electron chi connectivity index (χ3n) is 4.73. The minimum absolute atomic E-state index is 0.0495. The molecule has 2 N–H and O–H groups in total. The summed E-state index contributed by atoms with van der Waals surface area (Å²) in [6, 6.07) is 6.72. The summed E-state index contributed by atoms with van der Waals surface area (Å²) in [6.07, 6.45) is 3.33. The van der Waals surface area contributed by atoms with Gasteiger partial charge in [0.25, 0.3) is 0 Å². The summed E-state index contributed by atoms with van der Waals surface area (Å²) in [6.45, 7) is 9.92. The van der Waals surface area contributed by atoms with E-state index in [-0.39, 0.29) is 11.2 Å². The average molecular weight is 274 g/mol. The lowest BCUT2D eigenvalue weighted by atomic mass is 9.89. The van der Waals surface area contributed by atoms with Crippen LogP contribution in [-0.2, 0) is 11.2 Å². The Hall–Kier alpha value is -1.22. The SMILES string of the molecule is CC1(C)CC(N2CCCc3c(N)cccc32)C(C)(C)O1. The smallest absolute Gasteiger partial charge is 0.0837 e. The van der Waals surface area contributed by atoms with Crippen LogP contribution in [0.15, 0.2) is 18.2 Å². The van der Waals surface area contributed by atoms with Gasteiger partial charge >= 0.3 is 0 Å². The molecule has 0 saturated carbocycles. The zero-order valence-corrected chi connectivity index (χ0v) is 13.1. The first-order valence-corrected chi connectivity index (χ1v) is 7.64. The second-order valence-corrected chi connectivity index (χ2v) is 7.33. The molecule has 0 radical (unpaired) electrons. The Balaban J connectivity index is 1.99. The minimum atomic E-state index is -0.122. The standard InChI is InChI=1S/C17H26N2O/c1-16(2)11-15(17(3,4)20-16)19-10-6-7-12-13(18)8-5-9-14(12)19/h5,8-9,15H,6-7,10-11,18H2,1-4H3. The molecule has 20 heavy (non-hydrogen) atoms. The van der Waals surface area contributed by atoms with Gasteiger partial charge in [-0.15, -0.1) is 0 Å². The van der Waals surface area contributed by atoms with Crippen LogP contribution in [0.3, 0.4) is 0 Å². The van der Waals surface area contributed by atoms with Crippen molar-refractivity contribution in [1.82, 2.24) is 0 Å². The molecule has 3 heteroatoms. The van der Waals surface area contributed by atoms with Crippen molar-refractivity contribution in [2.45, 2.75) is 64.2 Å². The monoisotopic (exact) mass is 274 g/mol. The van der Waals surface area contributed by atoms with Gasteiger partial charge in [-0.3, -0.25) is 0 Å². The summed E-state index contributed by atoms with van der Waals surface area (Å²) < 4.78 is 6.27. The maximum absolute atomic E-state index is 6.27. The molecule has 2 aliphatic rings. The van der Waals surface area contributed by atoms with Gasteiger partial charge in [-0.1, -0.05) is 6.07 Å². The van der Waals surface area contributed by atoms with Gasteiger partial charge in [0.1, 0.15) is 0 Å². The van der Waals surface area contributed by atoms with Crippen molar-refractivity contribution in [3.63, 3.8) is 0 Å². The molecule has 1 unspecified atom stereocenters. The summed E-state index contributed by atoms with van der Waals surface area (Å²) in [5, 5.41) is 0. The van der Waals surface area contributed by atoms with Crippen molar-refractivity contribution in [2.75, 3.05) is 17.2 Å². The second-order valence-electron chi connectivity index (χ2n) is 7.33. The number of benzene rings is 1. The molecule has 1 atom stereocenters. The largest absolute Gasteiger partial charge is 0.398 e. The van der Waals surface area contributed by atoms with E-state index in [0.29, 0.717) is 6.04 Å². The number of ether oxygens (including phenoxy) is 1. The average Bonchev–Trinajstić information content (AvgIpc) is 2.57. The first kappa shape index (κ1) is 13.7. The number of fused-ring (bicyclic) bond motifs is 1. The quantitative estimate of drug-likeness (QED) is 0.798. The molecule has 0 aliphatic carbocycles. The Bertz CT molecular complexity index is 522. The van der Waals surface area contributed by atoms with Gasteiger partial charge < -0.3 is 15.4 Å². The Labute approximate surface area is 122 Å². The Morgan fingerprint density at radius 1 is 1.25 bits per heavy atom. The Morgan fingerprint density at radius 2 is 2.00 bits per heavy atom. The van der Waals surface area contributed by atoms with E-state index in [2.05, 4.69) is 44.7 Å². The van der Waals surface area contributed by atoms with Crippen LogP contribution in [0.5, 0.6) is 0 Å². The normalized spacial score (nSPS) is 27.4. The molecule has 3 rings (SSSR count). The number of anilines is 2. The summed E-state index contributed by atoms with van der Waals surface area (Å²) in [5.41, 5.74) is 9.56. The van der Waals surface area contributed by atoms with Gasteiger partial charge in [-0.05, 0) is 64.7 Å². The van der Waals surface area contributed by atoms with Crippen molar-refractivity contribution in [3.05, 3.63) is 23.8 Å². The van der Waals surface area contributed by atoms with Crippen molar-refractivity contribution < 1.29 is 4.74 Å². The van der Waals surface area contributed by atoms with Crippen molar-refractivity contribution in [3.8, 4) is 0 Å². The molecule has 0 bridgehead atoms. The van der Waals surface area contributed by atoms with Gasteiger partial charge in [0, 0.05) is 17.9 Å². The summed E-state index contributed by atoms with van der Waals surface area (Å²) in [4.78, 5) is 2.53. The molecule has 110 valence electrons. The zero-order valence-electron chi connectivity index (χ0n) is 13.1. The van der Waals surface area contributed by atoms with Crippen molar-refractivity contribution in [1.29, 1.82) is 0 Å². The second kappa shape index (κ2) is 4.39. The number of rotatable bonds is 1. The molecule has 2 aliphatic heterocycles. The highest BCUT2D eigenvalue weighted by Crippen LogP contribution is 2.44. The van der Waals surface area contributed by atoms with Gasteiger partial charge in [-0.2, -0.15) is 0 Å². The van der Waals surface area contributed by atoms with E-state index in [1.54, 1.807) is 0 Å². The predicted molar refractivity (Wildman–Crippen MR) is 84.2 cm³/mol. The van der Waals surface area contributed by atoms with E-state index < -0.39 is 0 Å². The minimum Gasteiger partial charge on any atom is -0.398 e. The van der Waals surface area contributed by atoms with Crippen LogP contribution in [0, 0.1) is 0 Å². The van der Waals surface area contributed by atoms with Gasteiger partial charge in [0.2, 0.25) is 0 Å². The van der Waals surface area contributed by atoms with E-state index in [4.69, 9.17) is 10.5 Å². The molecule has 3 nitrogen and oxygen atoms in total. The van der Waals surface area contributed by atoms with Crippen molar-refractivity contribution in [2.24, 2.45) is 0 Å². The third-order valence-corrected chi connectivity index (χ3v) is 4.73. The lowest BCUT2D eigenvalue weighted by Gasteiger charge is -2.41. The van der Waals surface area contributed by atoms with Gasteiger partial charge in [0.15, 0.2) is 0 Å². The van der Waals surface area contributed by atoms with Crippen LogP contribution in [0.2, 0.25) is 0 Å². The van der Waals surface area contributed by atoms with E-state index in [1.165, 1.54) is 17.7 Å². The van der Waals surface area contributed by atoms with E-state index in [9.17, 15) is 0 Å². The van der Waals surface area contributed by atoms with Crippen LogP contribution in [-0.4, -0.2) is 23.8 Å². The molecule has 1 aromatic rings. The third kappa shape index (κ3) is 2.18. The fraction of sp³-hybridized carbons (Fsp3) is 0.647. The number of nitrogens with zero attached hydrogens (tertiary/aromatic N) is 1. The maximum atomic E-state index is 6.27. The first-order valence-electron chi connectivity index (χ1n) is 7.64. The van der Waals surface area contributed by atoms with Crippen LogP contribution >= 0.6 is 0 Å². The summed E-state index contributed by atoms with van der Waals surface area (Å²) >= 11 is 0. The topological polar surface area (TPSA) is 38.5 Å². The lowest BCUT2D eigenvalue weighted by Crippen LogP contribution is -2.48. The van der Waals surface area contributed by atoms with Crippen LogP contribution < -0.4 is 10.6 Å². The number of nitrogens with two attached hydrogens (primary N) is 1. The molecule has 1 fully saturated rings.